The molecule has 2 aliphatic carbocycles. The zero-order valence-electron chi connectivity index (χ0n) is 17.5. The van der Waals surface area contributed by atoms with E-state index < -0.39 is 30.2 Å². The van der Waals surface area contributed by atoms with Gasteiger partial charge >= 0.3 is 12.0 Å². The van der Waals surface area contributed by atoms with Crippen LogP contribution in [0.15, 0.2) is 0 Å². The van der Waals surface area contributed by atoms with Gasteiger partial charge in [-0.2, -0.15) is 0 Å². The Labute approximate surface area is 172 Å². The smallest absolute Gasteiger partial charge is 0.327 e. The molecule has 0 aromatic rings. The standard InChI is InChI=1S/C21H33N3O5/c1-14-9-7-8-12-21(14)19(27)24(20(28)23-21)13-17(25)29-15(2)18(26)22-16-10-5-3-4-6-11-16/h14-16H,3-13H2,1-2H3,(H,22,26)(H,23,28)/t14-,15+,21+/m1/s1. The molecular weight excluding hydrogens is 374 g/mol. The van der Waals surface area contributed by atoms with Gasteiger partial charge in [0.05, 0.1) is 0 Å². The lowest BCUT2D eigenvalue weighted by Crippen LogP contribution is -2.54. The van der Waals surface area contributed by atoms with E-state index in [1.807, 2.05) is 6.92 Å². The number of nitrogens with one attached hydrogen (secondary N) is 2. The van der Waals surface area contributed by atoms with Gasteiger partial charge in [-0.05, 0) is 38.5 Å². The predicted octanol–water partition coefficient (Wildman–Crippen LogP) is 2.26. The fraction of sp³-hybridized carbons (Fsp3) is 0.810. The number of carbonyl (C=O) groups is 4. The molecule has 29 heavy (non-hydrogen) atoms. The quantitative estimate of drug-likeness (QED) is 0.413. The van der Waals surface area contributed by atoms with E-state index in [-0.39, 0.29) is 23.8 Å². The van der Waals surface area contributed by atoms with Crippen molar-refractivity contribution in [2.75, 3.05) is 6.54 Å². The van der Waals surface area contributed by atoms with Gasteiger partial charge in [0.2, 0.25) is 0 Å². The molecule has 3 atom stereocenters. The summed E-state index contributed by atoms with van der Waals surface area (Å²) >= 11 is 0. The van der Waals surface area contributed by atoms with Crippen molar-refractivity contribution in [2.24, 2.45) is 5.92 Å². The van der Waals surface area contributed by atoms with Crippen LogP contribution in [0.25, 0.3) is 0 Å². The van der Waals surface area contributed by atoms with Crippen LogP contribution in [-0.2, 0) is 19.1 Å². The maximum absolute atomic E-state index is 12.9. The number of esters is 1. The topological polar surface area (TPSA) is 105 Å². The lowest BCUT2D eigenvalue weighted by molar-refractivity contribution is -0.157. The molecular formula is C21H33N3O5. The second-order valence-electron chi connectivity index (χ2n) is 8.77. The van der Waals surface area contributed by atoms with Gasteiger partial charge in [0, 0.05) is 6.04 Å². The van der Waals surface area contributed by atoms with E-state index in [0.717, 1.165) is 49.8 Å². The second-order valence-corrected chi connectivity index (χ2v) is 8.77. The third kappa shape index (κ3) is 4.73. The SMILES string of the molecule is C[C@H](OC(=O)CN1C(=O)N[C@]2(CCCC[C@H]2C)C1=O)C(=O)NC1CCCCCC1. The Hall–Kier alpha value is -2.12. The highest BCUT2D eigenvalue weighted by atomic mass is 16.5. The fourth-order valence-corrected chi connectivity index (χ4v) is 4.80. The number of carbonyl (C=O) groups excluding carboxylic acids is 4. The molecule has 162 valence electrons. The minimum absolute atomic E-state index is 0.0259. The Morgan fingerprint density at radius 1 is 1.14 bits per heavy atom. The highest BCUT2D eigenvalue weighted by Gasteiger charge is 2.55. The number of hydrogen-bond acceptors (Lipinski definition) is 5. The van der Waals surface area contributed by atoms with Crippen molar-refractivity contribution in [1.29, 1.82) is 0 Å². The van der Waals surface area contributed by atoms with Gasteiger partial charge < -0.3 is 15.4 Å². The van der Waals surface area contributed by atoms with Gasteiger partial charge in [-0.3, -0.25) is 19.3 Å². The first kappa shape index (κ1) is 21.6. The van der Waals surface area contributed by atoms with Crippen molar-refractivity contribution in [2.45, 2.75) is 95.7 Å². The van der Waals surface area contributed by atoms with Crippen LogP contribution in [0.1, 0.15) is 78.1 Å². The molecule has 1 heterocycles. The van der Waals surface area contributed by atoms with Crippen LogP contribution in [-0.4, -0.2) is 52.9 Å². The van der Waals surface area contributed by atoms with E-state index in [1.54, 1.807) is 0 Å². The van der Waals surface area contributed by atoms with Crippen LogP contribution >= 0.6 is 0 Å². The normalized spacial score (nSPS) is 29.3. The highest BCUT2D eigenvalue weighted by Crippen LogP contribution is 2.38. The van der Waals surface area contributed by atoms with Crippen LogP contribution < -0.4 is 10.6 Å². The largest absolute Gasteiger partial charge is 0.451 e. The lowest BCUT2D eigenvalue weighted by atomic mass is 9.73. The van der Waals surface area contributed by atoms with E-state index in [9.17, 15) is 19.2 Å². The number of hydrogen-bond donors (Lipinski definition) is 2. The molecule has 2 N–H and O–H groups in total. The van der Waals surface area contributed by atoms with Crippen molar-refractivity contribution in [3.05, 3.63) is 0 Å². The first-order valence-electron chi connectivity index (χ1n) is 11.0. The van der Waals surface area contributed by atoms with Crippen LogP contribution in [0.5, 0.6) is 0 Å². The number of amides is 4. The number of nitrogens with zero attached hydrogens (tertiary/aromatic N) is 1. The monoisotopic (exact) mass is 407 g/mol. The van der Waals surface area contributed by atoms with Crippen molar-refractivity contribution >= 4 is 23.8 Å². The Kier molecular flexibility index (Phi) is 6.80. The maximum Gasteiger partial charge on any atom is 0.327 e. The minimum atomic E-state index is -0.964. The fourth-order valence-electron chi connectivity index (χ4n) is 4.80. The summed E-state index contributed by atoms with van der Waals surface area (Å²) < 4.78 is 5.22. The summed E-state index contributed by atoms with van der Waals surface area (Å²) in [5.41, 5.74) is -0.905. The van der Waals surface area contributed by atoms with Gasteiger partial charge in [-0.15, -0.1) is 0 Å². The molecule has 0 unspecified atom stereocenters. The summed E-state index contributed by atoms with van der Waals surface area (Å²) in [6.07, 6.45) is 8.81. The summed E-state index contributed by atoms with van der Waals surface area (Å²) in [5, 5.41) is 5.76. The summed E-state index contributed by atoms with van der Waals surface area (Å²) in [4.78, 5) is 50.9. The first-order valence-corrected chi connectivity index (χ1v) is 11.0. The summed E-state index contributed by atoms with van der Waals surface area (Å²) in [6.45, 7) is 3.00. The molecule has 0 radical (unpaired) electrons. The molecule has 1 spiro atoms. The number of imide groups is 1. The molecule has 8 heteroatoms. The zero-order valence-corrected chi connectivity index (χ0v) is 17.5. The number of urea groups is 1. The van der Waals surface area contributed by atoms with Gasteiger partial charge in [0.25, 0.3) is 11.8 Å². The Bertz CT molecular complexity index is 659. The third-order valence-electron chi connectivity index (χ3n) is 6.67. The molecule has 3 fully saturated rings. The van der Waals surface area contributed by atoms with E-state index in [0.29, 0.717) is 6.42 Å². The van der Waals surface area contributed by atoms with Gasteiger partial charge in [-0.1, -0.05) is 45.4 Å². The molecule has 1 aliphatic heterocycles. The third-order valence-corrected chi connectivity index (χ3v) is 6.67. The molecule has 1 saturated heterocycles. The molecule has 0 aromatic carbocycles. The molecule has 2 saturated carbocycles. The van der Waals surface area contributed by atoms with Crippen molar-refractivity contribution in [3.8, 4) is 0 Å². The minimum Gasteiger partial charge on any atom is -0.451 e. The Balaban J connectivity index is 1.52. The molecule has 0 aromatic heterocycles. The van der Waals surface area contributed by atoms with Gasteiger partial charge in [0.15, 0.2) is 6.10 Å². The van der Waals surface area contributed by atoms with E-state index >= 15 is 0 Å². The van der Waals surface area contributed by atoms with Gasteiger partial charge in [-0.25, -0.2) is 4.79 Å². The van der Waals surface area contributed by atoms with Crippen molar-refractivity contribution < 1.29 is 23.9 Å². The molecule has 8 nitrogen and oxygen atoms in total. The number of rotatable bonds is 5. The number of ether oxygens (including phenoxy) is 1. The summed E-state index contributed by atoms with van der Waals surface area (Å²) in [5.74, 6) is -1.42. The zero-order chi connectivity index (χ0) is 21.0. The van der Waals surface area contributed by atoms with Crippen LogP contribution in [0.2, 0.25) is 0 Å². The average molecular weight is 408 g/mol. The predicted molar refractivity (Wildman–Crippen MR) is 106 cm³/mol. The molecule has 3 rings (SSSR count). The second kappa shape index (κ2) is 9.13. The maximum atomic E-state index is 12.9. The van der Waals surface area contributed by atoms with E-state index in [1.165, 1.54) is 19.8 Å². The molecule has 3 aliphatic rings. The van der Waals surface area contributed by atoms with E-state index in [4.69, 9.17) is 4.74 Å². The average Bonchev–Trinajstić information content (AvgIpc) is 2.86. The van der Waals surface area contributed by atoms with Crippen LogP contribution in [0.3, 0.4) is 0 Å². The van der Waals surface area contributed by atoms with Gasteiger partial charge in [0.1, 0.15) is 12.1 Å². The van der Waals surface area contributed by atoms with E-state index in [2.05, 4.69) is 10.6 Å². The first-order chi connectivity index (χ1) is 13.8. The molecule has 4 amide bonds. The van der Waals surface area contributed by atoms with Crippen LogP contribution in [0, 0.1) is 5.92 Å². The Morgan fingerprint density at radius 2 is 1.79 bits per heavy atom. The lowest BCUT2D eigenvalue weighted by Gasteiger charge is -2.36. The summed E-state index contributed by atoms with van der Waals surface area (Å²) in [7, 11) is 0. The van der Waals surface area contributed by atoms with Crippen molar-refractivity contribution in [1.82, 2.24) is 15.5 Å². The van der Waals surface area contributed by atoms with Crippen molar-refractivity contribution in [3.63, 3.8) is 0 Å². The van der Waals surface area contributed by atoms with Crippen LogP contribution in [0.4, 0.5) is 4.79 Å². The Morgan fingerprint density at radius 3 is 2.45 bits per heavy atom. The highest BCUT2D eigenvalue weighted by molar-refractivity contribution is 6.09. The summed E-state index contributed by atoms with van der Waals surface area (Å²) in [6, 6.07) is -0.444. The molecule has 0 bridgehead atoms.